The average Bonchev–Trinajstić information content (AvgIpc) is 2.26. The van der Waals surface area contributed by atoms with Crippen LogP contribution in [0.2, 0.25) is 5.02 Å². The van der Waals surface area contributed by atoms with Gasteiger partial charge < -0.3 is 14.8 Å². The van der Waals surface area contributed by atoms with E-state index in [-0.39, 0.29) is 0 Å². The molecule has 0 aliphatic carbocycles. The molecule has 0 atom stereocenters. The van der Waals surface area contributed by atoms with Gasteiger partial charge in [0.05, 0.1) is 19.9 Å². The van der Waals surface area contributed by atoms with Crippen molar-refractivity contribution in [2.24, 2.45) is 0 Å². The van der Waals surface area contributed by atoms with Crippen LogP contribution in [0.3, 0.4) is 0 Å². The van der Waals surface area contributed by atoms with Gasteiger partial charge in [0.25, 0.3) is 0 Å². The molecule has 5 nitrogen and oxygen atoms in total. The molecule has 0 aliphatic heterocycles. The maximum absolute atomic E-state index is 5.88. The van der Waals surface area contributed by atoms with Gasteiger partial charge in [0.15, 0.2) is 5.82 Å². The minimum Gasteiger partial charge on any atom is -0.467 e. The summed E-state index contributed by atoms with van der Waals surface area (Å²) < 4.78 is 10.1. The highest BCUT2D eigenvalue weighted by Gasteiger charge is 2.04. The fourth-order valence-corrected chi connectivity index (χ4v) is 1.12. The van der Waals surface area contributed by atoms with Crippen LogP contribution in [-0.2, 0) is 4.74 Å². The van der Waals surface area contributed by atoms with Crippen LogP contribution in [0.5, 0.6) is 6.01 Å². The molecular formula is C9H14ClN3O2. The molecule has 1 rings (SSSR count). The number of anilines is 1. The zero-order chi connectivity index (χ0) is 11.1. The minimum absolute atomic E-state index is 0.290. The van der Waals surface area contributed by atoms with Crippen LogP contribution in [0.1, 0.15) is 6.92 Å². The first-order valence-corrected chi connectivity index (χ1v) is 5.04. The van der Waals surface area contributed by atoms with E-state index in [4.69, 9.17) is 21.1 Å². The molecule has 0 aromatic carbocycles. The highest BCUT2D eigenvalue weighted by Crippen LogP contribution is 2.19. The fourth-order valence-electron chi connectivity index (χ4n) is 0.959. The van der Waals surface area contributed by atoms with Gasteiger partial charge in [-0.05, 0) is 6.92 Å². The molecule has 1 N–H and O–H groups in total. The summed E-state index contributed by atoms with van der Waals surface area (Å²) in [4.78, 5) is 7.92. The van der Waals surface area contributed by atoms with Crippen LogP contribution in [0, 0.1) is 0 Å². The van der Waals surface area contributed by atoms with E-state index in [0.717, 1.165) is 0 Å². The predicted molar refractivity (Wildman–Crippen MR) is 58.6 cm³/mol. The molecule has 15 heavy (non-hydrogen) atoms. The Kier molecular flexibility index (Phi) is 5.14. The SMILES string of the molecule is CCOCCNc1nc(OC)ncc1Cl. The minimum atomic E-state index is 0.290. The first-order chi connectivity index (χ1) is 7.27. The lowest BCUT2D eigenvalue weighted by Gasteiger charge is -2.07. The van der Waals surface area contributed by atoms with Crippen molar-refractivity contribution in [2.75, 3.05) is 32.2 Å². The van der Waals surface area contributed by atoms with Gasteiger partial charge in [0, 0.05) is 13.2 Å². The van der Waals surface area contributed by atoms with E-state index in [0.29, 0.717) is 36.6 Å². The molecule has 0 unspecified atom stereocenters. The molecule has 84 valence electrons. The third kappa shape index (κ3) is 3.89. The number of rotatable bonds is 6. The van der Waals surface area contributed by atoms with Crippen LogP contribution in [-0.4, -0.2) is 36.8 Å². The van der Waals surface area contributed by atoms with Crippen molar-refractivity contribution < 1.29 is 9.47 Å². The molecule has 6 heteroatoms. The monoisotopic (exact) mass is 231 g/mol. The topological polar surface area (TPSA) is 56.3 Å². The summed E-state index contributed by atoms with van der Waals surface area (Å²) in [6, 6.07) is 0.290. The van der Waals surface area contributed by atoms with Crippen LogP contribution >= 0.6 is 11.6 Å². The number of ether oxygens (including phenoxy) is 2. The third-order valence-electron chi connectivity index (χ3n) is 1.65. The molecule has 1 aromatic rings. The summed E-state index contributed by atoms with van der Waals surface area (Å²) >= 11 is 5.88. The van der Waals surface area contributed by atoms with Gasteiger partial charge in [-0.15, -0.1) is 0 Å². The van der Waals surface area contributed by atoms with Gasteiger partial charge in [-0.25, -0.2) is 4.98 Å². The second kappa shape index (κ2) is 6.42. The van der Waals surface area contributed by atoms with Gasteiger partial charge in [-0.2, -0.15) is 4.98 Å². The van der Waals surface area contributed by atoms with Gasteiger partial charge in [-0.3, -0.25) is 0 Å². The summed E-state index contributed by atoms with van der Waals surface area (Å²) in [6.07, 6.45) is 1.50. The molecule has 0 saturated heterocycles. The molecule has 0 radical (unpaired) electrons. The van der Waals surface area contributed by atoms with E-state index >= 15 is 0 Å². The van der Waals surface area contributed by atoms with Gasteiger partial charge in [0.1, 0.15) is 5.02 Å². The maximum Gasteiger partial charge on any atom is 0.318 e. The molecular weight excluding hydrogens is 218 g/mol. The fraction of sp³-hybridized carbons (Fsp3) is 0.556. The molecule has 0 amide bonds. The largest absolute Gasteiger partial charge is 0.467 e. The van der Waals surface area contributed by atoms with Gasteiger partial charge >= 0.3 is 6.01 Å². The smallest absolute Gasteiger partial charge is 0.318 e. The Morgan fingerprint density at radius 2 is 2.33 bits per heavy atom. The molecule has 0 saturated carbocycles. The molecule has 0 fully saturated rings. The zero-order valence-corrected chi connectivity index (χ0v) is 9.54. The quantitative estimate of drug-likeness (QED) is 0.754. The van der Waals surface area contributed by atoms with Crippen molar-refractivity contribution in [1.29, 1.82) is 0 Å². The second-order valence-corrected chi connectivity index (χ2v) is 3.08. The Morgan fingerprint density at radius 3 is 3.00 bits per heavy atom. The molecule has 0 aliphatic rings. The van der Waals surface area contributed by atoms with E-state index in [9.17, 15) is 0 Å². The Bertz CT molecular complexity index is 309. The van der Waals surface area contributed by atoms with Crippen molar-refractivity contribution in [3.63, 3.8) is 0 Å². The first-order valence-electron chi connectivity index (χ1n) is 4.66. The Morgan fingerprint density at radius 1 is 1.53 bits per heavy atom. The van der Waals surface area contributed by atoms with E-state index < -0.39 is 0 Å². The summed E-state index contributed by atoms with van der Waals surface area (Å²) in [6.45, 7) is 3.90. The van der Waals surface area contributed by atoms with Crippen LogP contribution < -0.4 is 10.1 Å². The van der Waals surface area contributed by atoms with Crippen LogP contribution in [0.4, 0.5) is 5.82 Å². The van der Waals surface area contributed by atoms with Crippen LogP contribution in [0.15, 0.2) is 6.20 Å². The highest BCUT2D eigenvalue weighted by molar-refractivity contribution is 6.32. The Labute approximate surface area is 93.8 Å². The third-order valence-corrected chi connectivity index (χ3v) is 1.92. The highest BCUT2D eigenvalue weighted by atomic mass is 35.5. The van der Waals surface area contributed by atoms with Crippen molar-refractivity contribution in [3.8, 4) is 6.01 Å². The number of hydrogen-bond acceptors (Lipinski definition) is 5. The summed E-state index contributed by atoms with van der Waals surface area (Å²) in [7, 11) is 1.51. The van der Waals surface area contributed by atoms with Gasteiger partial charge in [-0.1, -0.05) is 11.6 Å². The van der Waals surface area contributed by atoms with E-state index in [2.05, 4.69) is 15.3 Å². The standard InChI is InChI=1S/C9H14ClN3O2/c1-3-15-5-4-11-8-7(10)6-12-9(13-8)14-2/h6H,3-5H2,1-2H3,(H,11,12,13). The normalized spacial score (nSPS) is 10.1. The number of methoxy groups -OCH3 is 1. The maximum atomic E-state index is 5.88. The summed E-state index contributed by atoms with van der Waals surface area (Å²) in [5.41, 5.74) is 0. The van der Waals surface area contributed by atoms with E-state index in [1.54, 1.807) is 0 Å². The number of hydrogen-bond donors (Lipinski definition) is 1. The van der Waals surface area contributed by atoms with Crippen molar-refractivity contribution >= 4 is 17.4 Å². The summed E-state index contributed by atoms with van der Waals surface area (Å²) in [5, 5.41) is 3.50. The van der Waals surface area contributed by atoms with Crippen molar-refractivity contribution in [2.45, 2.75) is 6.92 Å². The number of nitrogens with one attached hydrogen (secondary N) is 1. The van der Waals surface area contributed by atoms with Crippen LogP contribution in [0.25, 0.3) is 0 Å². The van der Waals surface area contributed by atoms with Crippen molar-refractivity contribution in [3.05, 3.63) is 11.2 Å². The number of halogens is 1. The second-order valence-electron chi connectivity index (χ2n) is 2.68. The van der Waals surface area contributed by atoms with Crippen molar-refractivity contribution in [1.82, 2.24) is 9.97 Å². The lowest BCUT2D eigenvalue weighted by molar-refractivity contribution is 0.158. The number of nitrogens with zero attached hydrogens (tertiary/aromatic N) is 2. The lowest BCUT2D eigenvalue weighted by atomic mass is 10.5. The average molecular weight is 232 g/mol. The van der Waals surface area contributed by atoms with E-state index in [1.165, 1.54) is 13.3 Å². The molecule has 0 spiro atoms. The summed E-state index contributed by atoms with van der Waals surface area (Å²) in [5.74, 6) is 0.559. The Hall–Kier alpha value is -1.07. The van der Waals surface area contributed by atoms with E-state index in [1.807, 2.05) is 6.92 Å². The molecule has 1 aromatic heterocycles. The first kappa shape index (κ1) is 12.0. The molecule has 0 bridgehead atoms. The zero-order valence-electron chi connectivity index (χ0n) is 8.79. The van der Waals surface area contributed by atoms with Gasteiger partial charge in [0.2, 0.25) is 0 Å². The predicted octanol–water partition coefficient (Wildman–Crippen LogP) is 1.59. The lowest BCUT2D eigenvalue weighted by Crippen LogP contribution is -2.11. The number of aromatic nitrogens is 2. The Balaban J connectivity index is 2.51. The molecule has 1 heterocycles.